The summed E-state index contributed by atoms with van der Waals surface area (Å²) in [6, 6.07) is 8.76. The highest BCUT2D eigenvalue weighted by molar-refractivity contribution is 9.10. The van der Waals surface area contributed by atoms with Crippen LogP contribution in [-0.2, 0) is 0 Å². The summed E-state index contributed by atoms with van der Waals surface area (Å²) in [6.07, 6.45) is 2.22. The van der Waals surface area contributed by atoms with E-state index < -0.39 is 0 Å². The van der Waals surface area contributed by atoms with Crippen molar-refractivity contribution in [3.63, 3.8) is 0 Å². The van der Waals surface area contributed by atoms with Crippen LogP contribution in [-0.4, -0.2) is 35.7 Å². The first-order valence-corrected chi connectivity index (χ1v) is 6.87. The summed E-state index contributed by atoms with van der Waals surface area (Å²) in [7, 11) is 0. The number of rotatable bonds is 4. The van der Waals surface area contributed by atoms with Crippen LogP contribution in [0.4, 0.5) is 0 Å². The molecule has 1 aromatic rings. The largest absolute Gasteiger partial charge is 0.395 e. The van der Waals surface area contributed by atoms with E-state index in [2.05, 4.69) is 33.0 Å². The Hall–Kier alpha value is -0.420. The van der Waals surface area contributed by atoms with Crippen molar-refractivity contribution in [1.82, 2.24) is 4.90 Å². The summed E-state index contributed by atoms with van der Waals surface area (Å²) in [4.78, 5) is 2.34. The molecule has 0 radical (unpaired) electrons. The number of aliphatic hydroxyl groups is 1. The van der Waals surface area contributed by atoms with Gasteiger partial charge < -0.3 is 10.8 Å². The lowest BCUT2D eigenvalue weighted by Crippen LogP contribution is -2.39. The van der Waals surface area contributed by atoms with Gasteiger partial charge in [-0.2, -0.15) is 0 Å². The monoisotopic (exact) mass is 298 g/mol. The highest BCUT2D eigenvalue weighted by Crippen LogP contribution is 2.29. The molecule has 0 aliphatic carbocycles. The second kappa shape index (κ2) is 5.96. The minimum Gasteiger partial charge on any atom is -0.395 e. The Morgan fingerprint density at radius 2 is 2.35 bits per heavy atom. The molecule has 2 atom stereocenters. The summed E-state index contributed by atoms with van der Waals surface area (Å²) in [5.41, 5.74) is 7.14. The minimum absolute atomic E-state index is 0.215. The molecule has 17 heavy (non-hydrogen) atoms. The molecule has 0 saturated carbocycles. The van der Waals surface area contributed by atoms with Gasteiger partial charge in [0.05, 0.1) is 6.61 Å². The lowest BCUT2D eigenvalue weighted by Gasteiger charge is -2.31. The van der Waals surface area contributed by atoms with Gasteiger partial charge in [-0.25, -0.2) is 0 Å². The molecule has 1 heterocycles. The summed E-state index contributed by atoms with van der Waals surface area (Å²) in [6.45, 7) is 1.84. The Labute approximate surface area is 111 Å². The van der Waals surface area contributed by atoms with Gasteiger partial charge in [-0.05, 0) is 37.1 Å². The van der Waals surface area contributed by atoms with Crippen LogP contribution in [0.2, 0.25) is 0 Å². The molecule has 0 aromatic heterocycles. The molecule has 94 valence electrons. The summed E-state index contributed by atoms with van der Waals surface area (Å²) < 4.78 is 1.08. The normalized spacial score (nSPS) is 22.9. The van der Waals surface area contributed by atoms with Gasteiger partial charge in [0.25, 0.3) is 0 Å². The number of hydrogen-bond acceptors (Lipinski definition) is 3. The Kier molecular flexibility index (Phi) is 4.56. The van der Waals surface area contributed by atoms with Crippen LogP contribution in [0.5, 0.6) is 0 Å². The first-order valence-electron chi connectivity index (χ1n) is 6.08. The van der Waals surface area contributed by atoms with Gasteiger partial charge in [-0.1, -0.05) is 28.1 Å². The van der Waals surface area contributed by atoms with Crippen molar-refractivity contribution >= 4 is 15.9 Å². The molecule has 1 aliphatic heterocycles. The van der Waals surface area contributed by atoms with E-state index in [4.69, 9.17) is 5.73 Å². The van der Waals surface area contributed by atoms with Crippen LogP contribution in [0.15, 0.2) is 28.7 Å². The van der Waals surface area contributed by atoms with Crippen LogP contribution in [0, 0.1) is 0 Å². The predicted molar refractivity (Wildman–Crippen MR) is 72.8 cm³/mol. The molecule has 4 heteroatoms. The van der Waals surface area contributed by atoms with E-state index in [1.807, 2.05) is 12.1 Å². The standard InChI is InChI=1S/C13H19BrN2O/c14-11-4-1-3-10(7-11)13(8-15)16-6-2-5-12(16)9-17/h1,3-4,7,12-13,17H,2,5-6,8-9,15H2. The SMILES string of the molecule is NCC(c1cccc(Br)c1)N1CCCC1CO. The predicted octanol–water partition coefficient (Wildman–Crippen LogP) is 1.91. The van der Waals surface area contributed by atoms with E-state index in [0.29, 0.717) is 6.54 Å². The van der Waals surface area contributed by atoms with Crippen LogP contribution in [0.25, 0.3) is 0 Å². The van der Waals surface area contributed by atoms with Crippen LogP contribution >= 0.6 is 15.9 Å². The lowest BCUT2D eigenvalue weighted by atomic mass is 10.0. The van der Waals surface area contributed by atoms with E-state index in [1.54, 1.807) is 0 Å². The average Bonchev–Trinajstić information content (AvgIpc) is 2.78. The highest BCUT2D eigenvalue weighted by Gasteiger charge is 2.30. The van der Waals surface area contributed by atoms with Crippen molar-refractivity contribution < 1.29 is 5.11 Å². The molecule has 2 rings (SSSR count). The zero-order valence-electron chi connectivity index (χ0n) is 9.85. The molecule has 1 fully saturated rings. The minimum atomic E-state index is 0.215. The quantitative estimate of drug-likeness (QED) is 0.893. The van der Waals surface area contributed by atoms with Gasteiger partial charge in [0, 0.05) is 23.1 Å². The van der Waals surface area contributed by atoms with E-state index in [0.717, 1.165) is 23.9 Å². The van der Waals surface area contributed by atoms with Crippen LogP contribution < -0.4 is 5.73 Å². The Morgan fingerprint density at radius 1 is 1.53 bits per heavy atom. The fourth-order valence-corrected chi connectivity index (χ4v) is 3.06. The number of benzene rings is 1. The molecular weight excluding hydrogens is 280 g/mol. The maximum absolute atomic E-state index is 9.39. The molecule has 1 saturated heterocycles. The molecule has 1 aliphatic rings. The van der Waals surface area contributed by atoms with Crippen molar-refractivity contribution in [2.24, 2.45) is 5.73 Å². The van der Waals surface area contributed by atoms with Crippen LogP contribution in [0.3, 0.4) is 0 Å². The zero-order chi connectivity index (χ0) is 12.3. The Bertz CT molecular complexity index is 372. The van der Waals surface area contributed by atoms with Gasteiger partial charge in [0.15, 0.2) is 0 Å². The number of hydrogen-bond donors (Lipinski definition) is 2. The van der Waals surface area contributed by atoms with Gasteiger partial charge in [-0.15, -0.1) is 0 Å². The molecular formula is C13H19BrN2O. The maximum Gasteiger partial charge on any atom is 0.0587 e. The van der Waals surface area contributed by atoms with Crippen molar-refractivity contribution in [1.29, 1.82) is 0 Å². The van der Waals surface area contributed by atoms with E-state index >= 15 is 0 Å². The molecule has 3 N–H and O–H groups in total. The van der Waals surface area contributed by atoms with Crippen molar-refractivity contribution in [3.8, 4) is 0 Å². The summed E-state index contributed by atoms with van der Waals surface area (Å²) in [5.74, 6) is 0. The van der Waals surface area contributed by atoms with Gasteiger partial charge >= 0.3 is 0 Å². The Balaban J connectivity index is 2.21. The third-order valence-electron chi connectivity index (χ3n) is 3.49. The number of aliphatic hydroxyl groups excluding tert-OH is 1. The molecule has 2 unspecified atom stereocenters. The zero-order valence-corrected chi connectivity index (χ0v) is 11.4. The molecule has 0 bridgehead atoms. The molecule has 0 amide bonds. The summed E-state index contributed by atoms with van der Waals surface area (Å²) >= 11 is 3.49. The second-order valence-electron chi connectivity index (χ2n) is 4.52. The number of nitrogens with zero attached hydrogens (tertiary/aromatic N) is 1. The Morgan fingerprint density at radius 3 is 3.00 bits per heavy atom. The highest BCUT2D eigenvalue weighted by atomic mass is 79.9. The fraction of sp³-hybridized carbons (Fsp3) is 0.538. The number of nitrogens with two attached hydrogens (primary N) is 1. The van der Waals surface area contributed by atoms with Gasteiger partial charge in [-0.3, -0.25) is 4.90 Å². The van der Waals surface area contributed by atoms with E-state index in [-0.39, 0.29) is 18.7 Å². The second-order valence-corrected chi connectivity index (χ2v) is 5.44. The number of likely N-dealkylation sites (tertiary alicyclic amines) is 1. The fourth-order valence-electron chi connectivity index (χ4n) is 2.64. The first-order chi connectivity index (χ1) is 8.26. The van der Waals surface area contributed by atoms with E-state index in [1.165, 1.54) is 5.56 Å². The molecule has 0 spiro atoms. The summed E-state index contributed by atoms with van der Waals surface area (Å²) in [5, 5.41) is 9.39. The van der Waals surface area contributed by atoms with Crippen LogP contribution in [0.1, 0.15) is 24.4 Å². The van der Waals surface area contributed by atoms with Crippen molar-refractivity contribution in [2.45, 2.75) is 24.9 Å². The maximum atomic E-state index is 9.39. The third-order valence-corrected chi connectivity index (χ3v) is 3.98. The average molecular weight is 299 g/mol. The number of halogens is 1. The molecule has 3 nitrogen and oxygen atoms in total. The topological polar surface area (TPSA) is 49.5 Å². The third kappa shape index (κ3) is 2.88. The van der Waals surface area contributed by atoms with Crippen molar-refractivity contribution in [2.75, 3.05) is 19.7 Å². The molecule has 1 aromatic carbocycles. The smallest absolute Gasteiger partial charge is 0.0587 e. The van der Waals surface area contributed by atoms with Gasteiger partial charge in [0.1, 0.15) is 0 Å². The lowest BCUT2D eigenvalue weighted by molar-refractivity contribution is 0.121. The van der Waals surface area contributed by atoms with Gasteiger partial charge in [0.2, 0.25) is 0 Å². The van der Waals surface area contributed by atoms with Crippen molar-refractivity contribution in [3.05, 3.63) is 34.3 Å². The van der Waals surface area contributed by atoms with E-state index in [9.17, 15) is 5.11 Å². The first kappa shape index (κ1) is 13.0.